The summed E-state index contributed by atoms with van der Waals surface area (Å²) in [5, 5.41) is 11.2. The lowest BCUT2D eigenvalue weighted by Crippen LogP contribution is -2.52. The number of amides is 4. The molecule has 1 unspecified atom stereocenters. The Morgan fingerprint density at radius 1 is 1.11 bits per heavy atom. The van der Waals surface area contributed by atoms with E-state index in [2.05, 4.69) is 31.2 Å². The van der Waals surface area contributed by atoms with Crippen LogP contribution < -0.4 is 26.0 Å². The second-order valence-corrected chi connectivity index (χ2v) is 8.72. The van der Waals surface area contributed by atoms with Gasteiger partial charge in [-0.3, -0.25) is 24.5 Å². The van der Waals surface area contributed by atoms with Crippen molar-refractivity contribution in [1.82, 2.24) is 20.2 Å². The van der Waals surface area contributed by atoms with E-state index in [1.165, 1.54) is 4.90 Å². The van der Waals surface area contributed by atoms with E-state index in [4.69, 9.17) is 4.74 Å². The number of hydrogen-bond donors (Lipinski definition) is 4. The molecule has 0 saturated carbocycles. The first kappa shape index (κ1) is 24.7. The van der Waals surface area contributed by atoms with Crippen molar-refractivity contribution in [2.24, 2.45) is 0 Å². The molecule has 4 amide bonds. The van der Waals surface area contributed by atoms with Crippen LogP contribution in [-0.2, 0) is 20.9 Å². The van der Waals surface area contributed by atoms with Crippen LogP contribution in [0.25, 0.3) is 0 Å². The summed E-state index contributed by atoms with van der Waals surface area (Å²) in [4.78, 5) is 59.6. The van der Waals surface area contributed by atoms with Gasteiger partial charge in [0.25, 0.3) is 5.91 Å². The van der Waals surface area contributed by atoms with Crippen LogP contribution in [0.1, 0.15) is 28.8 Å². The van der Waals surface area contributed by atoms with Crippen molar-refractivity contribution in [3.8, 4) is 5.75 Å². The van der Waals surface area contributed by atoms with Gasteiger partial charge < -0.3 is 25.6 Å². The summed E-state index contributed by atoms with van der Waals surface area (Å²) < 4.78 is 5.33. The lowest BCUT2D eigenvalue weighted by atomic mass is 10.0. The first-order chi connectivity index (χ1) is 18.4. The van der Waals surface area contributed by atoms with Crippen molar-refractivity contribution >= 4 is 46.8 Å². The van der Waals surface area contributed by atoms with Crippen LogP contribution in [0.15, 0.2) is 54.7 Å². The summed E-state index contributed by atoms with van der Waals surface area (Å²) in [5.74, 6) is -0.0800. The predicted octanol–water partition coefficient (Wildman–Crippen LogP) is 2.04. The SMILES string of the molecule is COc1ccccc1Nc1nccc(NCC(=O)Nc2cccc3c2CN(C2CCC(=O)NC2=O)C3=O)n1. The number of para-hydroxylation sites is 2. The third kappa shape index (κ3) is 5.09. The molecule has 2 aromatic carbocycles. The number of aromatic nitrogens is 2. The highest BCUT2D eigenvalue weighted by molar-refractivity contribution is 6.07. The number of nitrogens with one attached hydrogen (secondary N) is 4. The van der Waals surface area contributed by atoms with Gasteiger partial charge in [-0.15, -0.1) is 0 Å². The summed E-state index contributed by atoms with van der Waals surface area (Å²) in [6, 6.07) is 13.3. The van der Waals surface area contributed by atoms with E-state index < -0.39 is 11.9 Å². The molecular formula is C26H25N7O5. The third-order valence-electron chi connectivity index (χ3n) is 6.30. The van der Waals surface area contributed by atoms with Crippen LogP contribution in [0.3, 0.4) is 0 Å². The van der Waals surface area contributed by atoms with Gasteiger partial charge in [0.05, 0.1) is 19.3 Å². The number of carbonyl (C=O) groups excluding carboxylic acids is 4. The number of rotatable bonds is 8. The molecule has 2 aliphatic rings. The number of benzene rings is 2. The molecule has 12 nitrogen and oxygen atoms in total. The number of imide groups is 1. The Kier molecular flexibility index (Phi) is 6.85. The van der Waals surface area contributed by atoms with Crippen LogP contribution in [-0.4, -0.2) is 58.2 Å². The van der Waals surface area contributed by atoms with Crippen molar-refractivity contribution in [3.05, 3.63) is 65.9 Å². The zero-order valence-corrected chi connectivity index (χ0v) is 20.5. The number of nitrogens with zero attached hydrogens (tertiary/aromatic N) is 3. The minimum absolute atomic E-state index is 0.0837. The molecule has 12 heteroatoms. The van der Waals surface area contributed by atoms with E-state index in [0.29, 0.717) is 40.0 Å². The van der Waals surface area contributed by atoms with E-state index in [1.54, 1.807) is 37.6 Å². The van der Waals surface area contributed by atoms with Crippen LogP contribution >= 0.6 is 0 Å². The first-order valence-electron chi connectivity index (χ1n) is 12.0. The van der Waals surface area contributed by atoms with Crippen molar-refractivity contribution in [2.45, 2.75) is 25.4 Å². The van der Waals surface area contributed by atoms with Gasteiger partial charge in [0.15, 0.2) is 0 Å². The van der Waals surface area contributed by atoms with Gasteiger partial charge in [0.1, 0.15) is 17.6 Å². The highest BCUT2D eigenvalue weighted by atomic mass is 16.5. The summed E-state index contributed by atoms with van der Waals surface area (Å²) >= 11 is 0. The Morgan fingerprint density at radius 3 is 2.74 bits per heavy atom. The Morgan fingerprint density at radius 2 is 1.92 bits per heavy atom. The first-order valence-corrected chi connectivity index (χ1v) is 12.0. The molecule has 0 radical (unpaired) electrons. The molecule has 0 aliphatic carbocycles. The van der Waals surface area contributed by atoms with Crippen LogP contribution in [0.2, 0.25) is 0 Å². The standard InChI is InChI=1S/C26H25N7O5/c1-38-20-8-3-2-6-18(20)30-26-27-12-11-21(31-26)28-13-23(35)29-17-7-4-5-15-16(17)14-33(25(15)37)19-9-10-22(34)32-24(19)36/h2-8,11-12,19H,9-10,13-14H2,1H3,(H,29,35)(H,32,34,36)(H2,27,28,30,31). The number of ether oxygens (including phenoxy) is 1. The van der Waals surface area contributed by atoms with E-state index in [9.17, 15) is 19.2 Å². The fourth-order valence-electron chi connectivity index (χ4n) is 4.45. The molecule has 194 valence electrons. The Bertz CT molecular complexity index is 1430. The molecule has 3 heterocycles. The van der Waals surface area contributed by atoms with Gasteiger partial charge in [-0.1, -0.05) is 18.2 Å². The van der Waals surface area contributed by atoms with E-state index in [-0.39, 0.29) is 43.7 Å². The molecule has 4 N–H and O–H groups in total. The molecule has 5 rings (SSSR count). The second kappa shape index (κ2) is 10.5. The Balaban J connectivity index is 1.22. The van der Waals surface area contributed by atoms with Crippen molar-refractivity contribution in [2.75, 3.05) is 29.6 Å². The van der Waals surface area contributed by atoms with Crippen molar-refractivity contribution in [3.63, 3.8) is 0 Å². The smallest absolute Gasteiger partial charge is 0.255 e. The lowest BCUT2D eigenvalue weighted by molar-refractivity contribution is -0.137. The zero-order valence-electron chi connectivity index (χ0n) is 20.5. The largest absolute Gasteiger partial charge is 0.495 e. The highest BCUT2D eigenvalue weighted by Gasteiger charge is 2.39. The average Bonchev–Trinajstić information content (AvgIpc) is 3.25. The van der Waals surface area contributed by atoms with Crippen LogP contribution in [0.5, 0.6) is 5.75 Å². The number of methoxy groups -OCH3 is 1. The number of hydrogen-bond acceptors (Lipinski definition) is 9. The van der Waals surface area contributed by atoms with Gasteiger partial charge in [-0.2, -0.15) is 4.98 Å². The lowest BCUT2D eigenvalue weighted by Gasteiger charge is -2.29. The molecule has 1 fully saturated rings. The molecule has 0 spiro atoms. The van der Waals surface area contributed by atoms with Crippen LogP contribution in [0.4, 0.5) is 23.1 Å². The van der Waals surface area contributed by atoms with E-state index in [1.807, 2.05) is 24.3 Å². The highest BCUT2D eigenvalue weighted by Crippen LogP contribution is 2.32. The fourth-order valence-corrected chi connectivity index (χ4v) is 4.45. The zero-order chi connectivity index (χ0) is 26.6. The van der Waals surface area contributed by atoms with Crippen molar-refractivity contribution < 1.29 is 23.9 Å². The molecule has 3 aromatic rings. The molecule has 2 aliphatic heterocycles. The maximum absolute atomic E-state index is 13.0. The summed E-state index contributed by atoms with van der Waals surface area (Å²) in [5.41, 5.74) is 2.23. The summed E-state index contributed by atoms with van der Waals surface area (Å²) in [7, 11) is 1.57. The molecule has 1 atom stereocenters. The molecule has 38 heavy (non-hydrogen) atoms. The topological polar surface area (TPSA) is 155 Å². The summed E-state index contributed by atoms with van der Waals surface area (Å²) in [6.45, 7) is 0.0772. The minimum atomic E-state index is -0.728. The molecule has 0 bridgehead atoms. The summed E-state index contributed by atoms with van der Waals surface area (Å²) in [6.07, 6.45) is 2.00. The quantitative estimate of drug-likeness (QED) is 0.330. The molecular weight excluding hydrogens is 490 g/mol. The maximum Gasteiger partial charge on any atom is 0.255 e. The van der Waals surface area contributed by atoms with Crippen LogP contribution in [0, 0.1) is 0 Å². The van der Waals surface area contributed by atoms with E-state index >= 15 is 0 Å². The van der Waals surface area contributed by atoms with Gasteiger partial charge in [-0.05, 0) is 36.8 Å². The number of anilines is 4. The van der Waals surface area contributed by atoms with E-state index in [0.717, 1.165) is 0 Å². The number of carbonyl (C=O) groups is 4. The normalized spacial score (nSPS) is 16.5. The predicted molar refractivity (Wildman–Crippen MR) is 138 cm³/mol. The minimum Gasteiger partial charge on any atom is -0.495 e. The van der Waals surface area contributed by atoms with Gasteiger partial charge in [-0.25, -0.2) is 4.98 Å². The van der Waals surface area contributed by atoms with Crippen molar-refractivity contribution in [1.29, 1.82) is 0 Å². The maximum atomic E-state index is 13.0. The van der Waals surface area contributed by atoms with Gasteiger partial charge in [0, 0.05) is 36.0 Å². The average molecular weight is 516 g/mol. The Labute approximate surface area is 217 Å². The van der Waals surface area contributed by atoms with Gasteiger partial charge >= 0.3 is 0 Å². The third-order valence-corrected chi connectivity index (χ3v) is 6.30. The fraction of sp³-hybridized carbons (Fsp3) is 0.231. The molecule has 1 saturated heterocycles. The van der Waals surface area contributed by atoms with Gasteiger partial charge in [0.2, 0.25) is 23.7 Å². The Hall–Kier alpha value is -5.00. The number of piperidine rings is 1. The molecule has 1 aromatic heterocycles. The second-order valence-electron chi connectivity index (χ2n) is 8.72. The monoisotopic (exact) mass is 515 g/mol. The number of fused-ring (bicyclic) bond motifs is 1.